The van der Waals surface area contributed by atoms with Crippen LogP contribution in [0.5, 0.6) is 17.2 Å². The van der Waals surface area contributed by atoms with Crippen molar-refractivity contribution in [3.05, 3.63) is 50.4 Å². The molecular formula is C23H26Br2NO7P. The molecule has 184 valence electrons. The number of esters is 1. The monoisotopic (exact) mass is 617 g/mol. The van der Waals surface area contributed by atoms with Gasteiger partial charge in [0.15, 0.2) is 19.6 Å². The average molecular weight is 619 g/mol. The molecule has 0 aromatic heterocycles. The number of rotatable bonds is 9. The second-order valence-corrected chi connectivity index (χ2v) is 11.1. The molecule has 0 aliphatic rings. The van der Waals surface area contributed by atoms with Crippen molar-refractivity contribution in [2.45, 2.75) is 52.1 Å². The van der Waals surface area contributed by atoms with Crippen molar-refractivity contribution >= 4 is 52.2 Å². The number of phenols is 1. The van der Waals surface area contributed by atoms with E-state index in [9.17, 15) is 24.4 Å². The molecule has 0 spiro atoms. The smallest absolute Gasteiger partial charge is 0.329 e. The zero-order valence-corrected chi connectivity index (χ0v) is 23.3. The van der Waals surface area contributed by atoms with Gasteiger partial charge in [-0.1, -0.05) is 13.8 Å². The topological polar surface area (TPSA) is 122 Å². The fourth-order valence-electron chi connectivity index (χ4n) is 2.88. The highest BCUT2D eigenvalue weighted by Gasteiger charge is 2.29. The molecule has 1 amide bonds. The number of carbonyl (C=O) groups excluding carboxylic acids is 2. The molecule has 2 atom stereocenters. The van der Waals surface area contributed by atoms with Crippen LogP contribution in [0.1, 0.15) is 50.5 Å². The van der Waals surface area contributed by atoms with Crippen molar-refractivity contribution < 1.29 is 33.8 Å². The third-order valence-corrected chi connectivity index (χ3v) is 6.51. The molecule has 2 unspecified atom stereocenters. The van der Waals surface area contributed by atoms with Crippen molar-refractivity contribution in [3.8, 4) is 17.2 Å². The van der Waals surface area contributed by atoms with Crippen LogP contribution >= 0.6 is 40.3 Å². The molecule has 0 radical (unpaired) electrons. The van der Waals surface area contributed by atoms with Crippen LogP contribution in [-0.2, 0) is 19.4 Å². The summed E-state index contributed by atoms with van der Waals surface area (Å²) in [5, 5.41) is 21.5. The lowest BCUT2D eigenvalue weighted by atomic mass is 10.0. The zero-order chi connectivity index (χ0) is 25.8. The Kier molecular flexibility index (Phi) is 9.65. The molecule has 2 aromatic rings. The molecular weight excluding hydrogens is 593 g/mol. The van der Waals surface area contributed by atoms with E-state index in [1.165, 1.54) is 25.1 Å². The van der Waals surface area contributed by atoms with Gasteiger partial charge in [-0.3, -0.25) is 9.36 Å². The Morgan fingerprint density at radius 1 is 1.09 bits per heavy atom. The summed E-state index contributed by atoms with van der Waals surface area (Å²) in [6.07, 6.45) is -0.337. The summed E-state index contributed by atoms with van der Waals surface area (Å²) >= 11 is 6.74. The second kappa shape index (κ2) is 11.6. The average Bonchev–Trinajstić information content (AvgIpc) is 2.74. The molecule has 0 aliphatic heterocycles. The first kappa shape index (κ1) is 28.2. The normalized spacial score (nSPS) is 14.1. The summed E-state index contributed by atoms with van der Waals surface area (Å²) in [5.74, 6) is -1.19. The molecule has 0 bridgehead atoms. The first-order valence-corrected chi connectivity index (χ1v) is 12.7. The SMILES string of the molecule is CC(C)OC(=O)C(NC(=O)c1cc(Oc2c(Br)cc(C(C)(O)P=O)cc2Br)ccc1O)C(C)C. The number of phenolic OH excluding ortho intramolecular Hbond substituents is 1. The zero-order valence-electron chi connectivity index (χ0n) is 19.3. The molecule has 2 rings (SSSR count). The predicted molar refractivity (Wildman–Crippen MR) is 135 cm³/mol. The first-order valence-electron chi connectivity index (χ1n) is 10.4. The van der Waals surface area contributed by atoms with Crippen LogP contribution < -0.4 is 10.1 Å². The van der Waals surface area contributed by atoms with Crippen LogP contribution in [0.4, 0.5) is 0 Å². The molecule has 3 N–H and O–H groups in total. The minimum absolute atomic E-state index is 0.0857. The number of aliphatic hydroxyl groups is 1. The number of hydrogen-bond acceptors (Lipinski definition) is 7. The van der Waals surface area contributed by atoms with Gasteiger partial charge in [-0.2, -0.15) is 0 Å². The minimum atomic E-state index is -1.59. The maximum Gasteiger partial charge on any atom is 0.329 e. The van der Waals surface area contributed by atoms with Gasteiger partial charge in [0.2, 0.25) is 0 Å². The van der Waals surface area contributed by atoms with E-state index in [0.717, 1.165) is 0 Å². The first-order chi connectivity index (χ1) is 15.8. The standard InChI is InChI=1S/C23H26Br2NO7P/c1-11(2)19(22(29)32-12(3)4)26-21(28)15-10-14(6-7-18(15)27)33-20-16(24)8-13(9-17(20)25)23(5,30)34-31/h6-12,19,27,30H,1-5H3,(H,26,28). The van der Waals surface area contributed by atoms with Crippen molar-refractivity contribution in [3.63, 3.8) is 0 Å². The summed E-state index contributed by atoms with van der Waals surface area (Å²) in [6, 6.07) is 6.34. The number of benzene rings is 2. The number of hydrogen-bond donors (Lipinski definition) is 3. The van der Waals surface area contributed by atoms with E-state index in [2.05, 4.69) is 37.2 Å². The highest BCUT2D eigenvalue weighted by Crippen LogP contribution is 2.42. The maximum atomic E-state index is 12.9. The lowest BCUT2D eigenvalue weighted by Gasteiger charge is -2.22. The lowest BCUT2D eigenvalue weighted by Crippen LogP contribution is -2.46. The largest absolute Gasteiger partial charge is 0.507 e. The van der Waals surface area contributed by atoms with Gasteiger partial charge in [-0.05, 0) is 94.4 Å². The Hall–Kier alpha value is -2.00. The number of halogens is 2. The lowest BCUT2D eigenvalue weighted by molar-refractivity contribution is -0.150. The quantitative estimate of drug-likeness (QED) is 0.237. The van der Waals surface area contributed by atoms with Gasteiger partial charge in [0, 0.05) is 0 Å². The maximum absolute atomic E-state index is 12.9. The van der Waals surface area contributed by atoms with Gasteiger partial charge in [-0.15, -0.1) is 0 Å². The molecule has 8 nitrogen and oxygen atoms in total. The number of nitrogens with one attached hydrogen (secondary N) is 1. The van der Waals surface area contributed by atoms with Crippen molar-refractivity contribution in [1.82, 2.24) is 5.32 Å². The molecule has 0 aliphatic carbocycles. The Labute approximate surface area is 216 Å². The van der Waals surface area contributed by atoms with Gasteiger partial charge in [-0.25, -0.2) is 4.79 Å². The van der Waals surface area contributed by atoms with Crippen molar-refractivity contribution in [2.75, 3.05) is 0 Å². The fraction of sp³-hybridized carbons (Fsp3) is 0.391. The molecule has 34 heavy (non-hydrogen) atoms. The molecule has 0 heterocycles. The fourth-order valence-corrected chi connectivity index (χ4v) is 4.47. The number of ether oxygens (including phenoxy) is 2. The number of amides is 1. The van der Waals surface area contributed by atoms with Crippen LogP contribution in [-0.4, -0.2) is 34.2 Å². The number of carbonyl (C=O) groups is 2. The van der Waals surface area contributed by atoms with Crippen LogP contribution in [0.15, 0.2) is 39.3 Å². The second-order valence-electron chi connectivity index (χ2n) is 8.34. The third kappa shape index (κ3) is 7.01. The van der Waals surface area contributed by atoms with Gasteiger partial charge in [0.25, 0.3) is 5.91 Å². The number of aromatic hydroxyl groups is 1. The van der Waals surface area contributed by atoms with E-state index in [1.807, 2.05) is 0 Å². The Balaban J connectivity index is 2.32. The van der Waals surface area contributed by atoms with Gasteiger partial charge in [0.1, 0.15) is 17.5 Å². The highest BCUT2D eigenvalue weighted by molar-refractivity contribution is 9.11. The minimum Gasteiger partial charge on any atom is -0.507 e. The Morgan fingerprint density at radius 3 is 2.18 bits per heavy atom. The molecule has 0 fully saturated rings. The van der Waals surface area contributed by atoms with Crippen LogP contribution in [0.25, 0.3) is 0 Å². The van der Waals surface area contributed by atoms with E-state index >= 15 is 0 Å². The predicted octanol–water partition coefficient (Wildman–Crippen LogP) is 5.87. The van der Waals surface area contributed by atoms with Gasteiger partial charge < -0.3 is 25.0 Å². The molecule has 0 saturated carbocycles. The highest BCUT2D eigenvalue weighted by atomic mass is 79.9. The third-order valence-electron chi connectivity index (χ3n) is 4.71. The van der Waals surface area contributed by atoms with Crippen LogP contribution in [0.3, 0.4) is 0 Å². The summed E-state index contributed by atoms with van der Waals surface area (Å²) in [6.45, 7) is 8.38. The van der Waals surface area contributed by atoms with Crippen LogP contribution in [0, 0.1) is 5.92 Å². The summed E-state index contributed by atoms with van der Waals surface area (Å²) in [4.78, 5) is 25.3. The Bertz CT molecular complexity index is 1070. The van der Waals surface area contributed by atoms with E-state index in [-0.39, 0.29) is 29.1 Å². The molecule has 11 heteroatoms. The molecule has 2 aromatic carbocycles. The van der Waals surface area contributed by atoms with Crippen molar-refractivity contribution in [1.29, 1.82) is 0 Å². The molecule has 0 saturated heterocycles. The van der Waals surface area contributed by atoms with E-state index in [4.69, 9.17) is 9.47 Å². The van der Waals surface area contributed by atoms with E-state index < -0.39 is 31.7 Å². The summed E-state index contributed by atoms with van der Waals surface area (Å²) in [7, 11) is -0.464. The van der Waals surface area contributed by atoms with E-state index in [1.54, 1.807) is 39.8 Å². The summed E-state index contributed by atoms with van der Waals surface area (Å²) < 4.78 is 23.3. The van der Waals surface area contributed by atoms with E-state index in [0.29, 0.717) is 20.3 Å². The van der Waals surface area contributed by atoms with Crippen LogP contribution in [0.2, 0.25) is 0 Å². The van der Waals surface area contributed by atoms with Gasteiger partial charge >= 0.3 is 5.97 Å². The Morgan fingerprint density at radius 2 is 1.68 bits per heavy atom. The van der Waals surface area contributed by atoms with Gasteiger partial charge in [0.05, 0.1) is 20.6 Å². The summed E-state index contributed by atoms with van der Waals surface area (Å²) in [5.41, 5.74) is 0.298. The van der Waals surface area contributed by atoms with Crippen molar-refractivity contribution in [2.24, 2.45) is 5.92 Å².